The molecule has 2 aromatic rings. The molecule has 1 heterocycles. The molecule has 1 aliphatic heterocycles. The van der Waals surface area contributed by atoms with E-state index >= 15 is 0 Å². The SMILES string of the molecule is O=C(/C=C/c1ccc(S(=O)(=O)NC2CC2)cc1)Nc1cccc(CN2CCCCC2)c1. The second-order valence-corrected chi connectivity index (χ2v) is 10.0. The monoisotopic (exact) mass is 439 g/mol. The molecule has 0 spiro atoms. The fourth-order valence-electron chi connectivity index (χ4n) is 3.73. The number of nitrogens with one attached hydrogen (secondary N) is 2. The van der Waals surface area contributed by atoms with E-state index in [-0.39, 0.29) is 16.8 Å². The summed E-state index contributed by atoms with van der Waals surface area (Å²) in [6, 6.07) is 14.6. The van der Waals surface area contributed by atoms with Gasteiger partial charge in [-0.05, 0) is 80.2 Å². The summed E-state index contributed by atoms with van der Waals surface area (Å²) in [5.74, 6) is -0.220. The third-order valence-corrected chi connectivity index (χ3v) is 7.10. The van der Waals surface area contributed by atoms with Crippen LogP contribution in [0.3, 0.4) is 0 Å². The number of carbonyl (C=O) groups excluding carboxylic acids is 1. The highest BCUT2D eigenvalue weighted by Gasteiger charge is 2.27. The molecule has 1 amide bonds. The number of hydrogen-bond acceptors (Lipinski definition) is 4. The molecule has 7 heteroatoms. The van der Waals surface area contributed by atoms with Crippen LogP contribution in [-0.2, 0) is 21.4 Å². The summed E-state index contributed by atoms with van der Waals surface area (Å²) in [4.78, 5) is 15.0. The average molecular weight is 440 g/mol. The predicted molar refractivity (Wildman–Crippen MR) is 123 cm³/mol. The normalized spacial score (nSPS) is 17.7. The molecule has 0 unspecified atom stereocenters. The first kappa shape index (κ1) is 21.7. The molecular weight excluding hydrogens is 410 g/mol. The van der Waals surface area contributed by atoms with Gasteiger partial charge in [0.1, 0.15) is 0 Å². The molecule has 0 aromatic heterocycles. The smallest absolute Gasteiger partial charge is 0.248 e. The number of anilines is 1. The Bertz CT molecular complexity index is 1040. The van der Waals surface area contributed by atoms with Crippen LogP contribution >= 0.6 is 0 Å². The molecule has 0 radical (unpaired) electrons. The van der Waals surface area contributed by atoms with E-state index in [2.05, 4.69) is 21.0 Å². The van der Waals surface area contributed by atoms with Gasteiger partial charge in [-0.1, -0.05) is 30.7 Å². The van der Waals surface area contributed by atoms with Crippen LogP contribution in [-0.4, -0.2) is 38.4 Å². The maximum absolute atomic E-state index is 12.3. The summed E-state index contributed by atoms with van der Waals surface area (Å²) in [5, 5.41) is 2.90. The van der Waals surface area contributed by atoms with Gasteiger partial charge >= 0.3 is 0 Å². The van der Waals surface area contributed by atoms with E-state index in [0.717, 1.165) is 43.7 Å². The first-order valence-corrected chi connectivity index (χ1v) is 12.4. The Morgan fingerprint density at radius 2 is 1.77 bits per heavy atom. The van der Waals surface area contributed by atoms with Crippen LogP contribution < -0.4 is 10.0 Å². The number of rotatable bonds is 8. The zero-order valence-corrected chi connectivity index (χ0v) is 18.4. The van der Waals surface area contributed by atoms with E-state index in [4.69, 9.17) is 0 Å². The van der Waals surface area contributed by atoms with Gasteiger partial charge in [-0.25, -0.2) is 13.1 Å². The van der Waals surface area contributed by atoms with Crippen molar-refractivity contribution >= 4 is 27.7 Å². The molecule has 1 saturated heterocycles. The number of benzene rings is 2. The zero-order valence-electron chi connectivity index (χ0n) is 17.6. The Labute approximate surface area is 184 Å². The van der Waals surface area contributed by atoms with Crippen molar-refractivity contribution in [1.29, 1.82) is 0 Å². The van der Waals surface area contributed by atoms with Crippen LogP contribution in [0.2, 0.25) is 0 Å². The summed E-state index contributed by atoms with van der Waals surface area (Å²) in [7, 11) is -3.46. The fraction of sp³-hybridized carbons (Fsp3) is 0.375. The van der Waals surface area contributed by atoms with Gasteiger partial charge in [0, 0.05) is 24.4 Å². The molecule has 2 aliphatic rings. The maximum atomic E-state index is 12.3. The number of hydrogen-bond donors (Lipinski definition) is 2. The number of amides is 1. The lowest BCUT2D eigenvalue weighted by molar-refractivity contribution is -0.111. The van der Waals surface area contributed by atoms with Crippen LogP contribution in [0.5, 0.6) is 0 Å². The minimum atomic E-state index is -3.46. The van der Waals surface area contributed by atoms with Gasteiger partial charge in [0.25, 0.3) is 0 Å². The van der Waals surface area contributed by atoms with Crippen molar-refractivity contribution in [3.05, 3.63) is 65.7 Å². The van der Waals surface area contributed by atoms with Gasteiger partial charge in [0.05, 0.1) is 4.90 Å². The molecule has 1 aliphatic carbocycles. The van der Waals surface area contributed by atoms with Crippen LogP contribution in [0.4, 0.5) is 5.69 Å². The molecule has 2 aromatic carbocycles. The predicted octanol–water partition coefficient (Wildman–Crippen LogP) is 3.77. The second-order valence-electron chi connectivity index (χ2n) is 8.32. The second kappa shape index (κ2) is 9.77. The minimum Gasteiger partial charge on any atom is -0.323 e. The molecule has 1 saturated carbocycles. The molecule has 0 bridgehead atoms. The van der Waals surface area contributed by atoms with Gasteiger partial charge < -0.3 is 5.32 Å². The van der Waals surface area contributed by atoms with Crippen molar-refractivity contribution in [3.63, 3.8) is 0 Å². The summed E-state index contributed by atoms with van der Waals surface area (Å²) in [6.45, 7) is 3.18. The Kier molecular flexibility index (Phi) is 6.85. The van der Waals surface area contributed by atoms with Crippen molar-refractivity contribution in [2.24, 2.45) is 0 Å². The molecule has 6 nitrogen and oxygen atoms in total. The molecule has 164 valence electrons. The highest BCUT2D eigenvalue weighted by Crippen LogP contribution is 2.22. The highest BCUT2D eigenvalue weighted by atomic mass is 32.2. The Morgan fingerprint density at radius 1 is 1.03 bits per heavy atom. The van der Waals surface area contributed by atoms with Crippen LogP contribution in [0.25, 0.3) is 6.08 Å². The van der Waals surface area contributed by atoms with Gasteiger partial charge in [0.2, 0.25) is 15.9 Å². The number of likely N-dealkylation sites (tertiary alicyclic amines) is 1. The van der Waals surface area contributed by atoms with Crippen LogP contribution in [0.15, 0.2) is 59.5 Å². The number of carbonyl (C=O) groups is 1. The largest absolute Gasteiger partial charge is 0.323 e. The first-order chi connectivity index (χ1) is 15.0. The molecule has 0 atom stereocenters. The van der Waals surface area contributed by atoms with Gasteiger partial charge in [0.15, 0.2) is 0 Å². The van der Waals surface area contributed by atoms with Crippen LogP contribution in [0.1, 0.15) is 43.2 Å². The van der Waals surface area contributed by atoms with E-state index in [9.17, 15) is 13.2 Å². The number of sulfonamides is 1. The molecule has 2 fully saturated rings. The average Bonchev–Trinajstić information content (AvgIpc) is 3.57. The Hall–Kier alpha value is -2.48. The van der Waals surface area contributed by atoms with E-state index in [0.29, 0.717) is 0 Å². The van der Waals surface area contributed by atoms with Gasteiger partial charge in [-0.2, -0.15) is 0 Å². The summed E-state index contributed by atoms with van der Waals surface area (Å²) in [5.41, 5.74) is 2.73. The van der Waals surface area contributed by atoms with E-state index in [1.54, 1.807) is 30.3 Å². The molecule has 2 N–H and O–H groups in total. The Morgan fingerprint density at radius 3 is 2.48 bits per heavy atom. The number of nitrogens with zero attached hydrogens (tertiary/aromatic N) is 1. The quantitative estimate of drug-likeness (QED) is 0.614. The third kappa shape index (κ3) is 6.50. The highest BCUT2D eigenvalue weighted by molar-refractivity contribution is 7.89. The summed E-state index contributed by atoms with van der Waals surface area (Å²) in [6.07, 6.45) is 8.76. The topological polar surface area (TPSA) is 78.5 Å². The van der Waals surface area contributed by atoms with Crippen molar-refractivity contribution in [2.45, 2.75) is 49.6 Å². The first-order valence-electron chi connectivity index (χ1n) is 10.9. The van der Waals surface area contributed by atoms with Gasteiger partial charge in [-0.3, -0.25) is 9.69 Å². The molecule has 4 rings (SSSR count). The lowest BCUT2D eigenvalue weighted by Gasteiger charge is -2.26. The van der Waals surface area contributed by atoms with Crippen LogP contribution in [0, 0.1) is 0 Å². The number of piperidine rings is 1. The fourth-order valence-corrected chi connectivity index (χ4v) is 5.03. The summed E-state index contributed by atoms with van der Waals surface area (Å²) >= 11 is 0. The van der Waals surface area contributed by atoms with E-state index in [1.807, 2.05) is 18.2 Å². The summed E-state index contributed by atoms with van der Waals surface area (Å²) < 4.78 is 27.1. The third-order valence-electron chi connectivity index (χ3n) is 5.57. The van der Waals surface area contributed by atoms with Crippen molar-refractivity contribution in [2.75, 3.05) is 18.4 Å². The minimum absolute atomic E-state index is 0.0756. The van der Waals surface area contributed by atoms with E-state index in [1.165, 1.54) is 30.9 Å². The van der Waals surface area contributed by atoms with Gasteiger partial charge in [-0.15, -0.1) is 0 Å². The zero-order chi connectivity index (χ0) is 21.7. The molecular formula is C24H29N3O3S. The van der Waals surface area contributed by atoms with Crippen molar-refractivity contribution < 1.29 is 13.2 Å². The lowest BCUT2D eigenvalue weighted by Crippen LogP contribution is -2.29. The van der Waals surface area contributed by atoms with Crippen molar-refractivity contribution in [1.82, 2.24) is 9.62 Å². The standard InChI is InChI=1S/C24H29N3O3S/c28-24(25-22-6-4-5-20(17-22)18-27-15-2-1-3-16-27)14-9-19-7-12-23(13-8-19)31(29,30)26-21-10-11-21/h4-9,12-14,17,21,26H,1-3,10-11,15-16,18H2,(H,25,28)/b14-9+. The van der Waals surface area contributed by atoms with E-state index < -0.39 is 10.0 Å². The molecule has 31 heavy (non-hydrogen) atoms. The lowest BCUT2D eigenvalue weighted by atomic mass is 10.1. The Balaban J connectivity index is 1.32. The maximum Gasteiger partial charge on any atom is 0.248 e. The van der Waals surface area contributed by atoms with Crippen molar-refractivity contribution in [3.8, 4) is 0 Å².